The highest BCUT2D eigenvalue weighted by molar-refractivity contribution is 5.87. The molecule has 0 radical (unpaired) electrons. The van der Waals surface area contributed by atoms with E-state index in [9.17, 15) is 19.7 Å². The van der Waals surface area contributed by atoms with Gasteiger partial charge < -0.3 is 9.15 Å². The molecule has 0 aliphatic heterocycles. The van der Waals surface area contributed by atoms with E-state index in [-0.39, 0.29) is 34.5 Å². The molecular formula is C15H11N3O6. The number of methoxy groups -OCH3 is 1. The normalized spacial score (nSPS) is 10.7. The number of nitro groups is 1. The number of esters is 1. The summed E-state index contributed by atoms with van der Waals surface area (Å²) in [6.45, 7) is 0.0553. The third-order valence-electron chi connectivity index (χ3n) is 3.48. The highest BCUT2D eigenvalue weighted by atomic mass is 16.6. The van der Waals surface area contributed by atoms with Crippen LogP contribution in [0.4, 0.5) is 5.69 Å². The van der Waals surface area contributed by atoms with Gasteiger partial charge in [0.15, 0.2) is 0 Å². The van der Waals surface area contributed by atoms with Crippen molar-refractivity contribution in [3.63, 3.8) is 0 Å². The Morgan fingerprint density at radius 2 is 2.21 bits per heavy atom. The topological polar surface area (TPSA) is 117 Å². The molecule has 1 aromatic carbocycles. The fourth-order valence-corrected chi connectivity index (χ4v) is 2.29. The van der Waals surface area contributed by atoms with Gasteiger partial charge in [-0.15, -0.1) is 0 Å². The molecule has 2 aromatic heterocycles. The van der Waals surface area contributed by atoms with Crippen LogP contribution in [0.25, 0.3) is 10.9 Å². The summed E-state index contributed by atoms with van der Waals surface area (Å²) in [6.07, 6.45) is 2.59. The maximum Gasteiger partial charge on any atom is 0.374 e. The summed E-state index contributed by atoms with van der Waals surface area (Å²) in [4.78, 5) is 38.4. The van der Waals surface area contributed by atoms with Gasteiger partial charge in [0.25, 0.3) is 11.2 Å². The summed E-state index contributed by atoms with van der Waals surface area (Å²) in [7, 11) is 1.23. The highest BCUT2D eigenvalue weighted by Crippen LogP contribution is 2.17. The van der Waals surface area contributed by atoms with Gasteiger partial charge >= 0.3 is 5.97 Å². The average Bonchev–Trinajstić information content (AvgIpc) is 3.04. The minimum absolute atomic E-state index is 0.00759. The summed E-state index contributed by atoms with van der Waals surface area (Å²) in [5, 5.41) is 11.0. The number of ether oxygens (including phenoxy) is 1. The number of fused-ring (bicyclic) bond motifs is 1. The molecule has 0 saturated carbocycles. The van der Waals surface area contributed by atoms with Crippen molar-refractivity contribution in [3.8, 4) is 0 Å². The second-order valence-corrected chi connectivity index (χ2v) is 4.90. The van der Waals surface area contributed by atoms with E-state index in [4.69, 9.17) is 4.42 Å². The lowest BCUT2D eigenvalue weighted by Crippen LogP contribution is -2.22. The van der Waals surface area contributed by atoms with E-state index < -0.39 is 10.9 Å². The van der Waals surface area contributed by atoms with E-state index in [0.29, 0.717) is 5.56 Å². The molecule has 0 N–H and O–H groups in total. The monoisotopic (exact) mass is 329 g/mol. The molecule has 0 bridgehead atoms. The lowest BCUT2D eigenvalue weighted by molar-refractivity contribution is -0.384. The van der Waals surface area contributed by atoms with Gasteiger partial charge in [-0.1, -0.05) is 0 Å². The maximum atomic E-state index is 12.5. The molecule has 0 saturated heterocycles. The Balaban J connectivity index is 2.03. The van der Waals surface area contributed by atoms with Gasteiger partial charge in [-0.05, 0) is 12.1 Å². The predicted molar refractivity (Wildman–Crippen MR) is 81.8 cm³/mol. The Morgan fingerprint density at radius 3 is 2.92 bits per heavy atom. The Morgan fingerprint density at radius 1 is 1.42 bits per heavy atom. The molecule has 3 rings (SSSR count). The van der Waals surface area contributed by atoms with Crippen molar-refractivity contribution in [2.45, 2.75) is 6.54 Å². The van der Waals surface area contributed by atoms with Gasteiger partial charge in [0.1, 0.15) is 0 Å². The fraction of sp³-hybridized carbons (Fsp3) is 0.133. The first-order valence-electron chi connectivity index (χ1n) is 6.79. The number of hydrogen-bond acceptors (Lipinski definition) is 7. The van der Waals surface area contributed by atoms with E-state index in [0.717, 1.165) is 0 Å². The summed E-state index contributed by atoms with van der Waals surface area (Å²) < 4.78 is 11.0. The van der Waals surface area contributed by atoms with Crippen molar-refractivity contribution in [1.29, 1.82) is 0 Å². The van der Waals surface area contributed by atoms with Crippen LogP contribution in [-0.2, 0) is 11.3 Å². The van der Waals surface area contributed by atoms with E-state index >= 15 is 0 Å². The van der Waals surface area contributed by atoms with Gasteiger partial charge in [0, 0.05) is 17.7 Å². The van der Waals surface area contributed by atoms with Crippen molar-refractivity contribution in [1.82, 2.24) is 9.55 Å². The lowest BCUT2D eigenvalue weighted by Gasteiger charge is -2.06. The summed E-state index contributed by atoms with van der Waals surface area (Å²) in [6, 6.07) is 5.39. The largest absolute Gasteiger partial charge is 0.463 e. The minimum Gasteiger partial charge on any atom is -0.463 e. The van der Waals surface area contributed by atoms with Gasteiger partial charge in [-0.25, -0.2) is 9.78 Å². The zero-order valence-electron chi connectivity index (χ0n) is 12.5. The second-order valence-electron chi connectivity index (χ2n) is 4.90. The Labute approximate surface area is 134 Å². The van der Waals surface area contributed by atoms with Gasteiger partial charge in [0.05, 0.1) is 42.1 Å². The Kier molecular flexibility index (Phi) is 3.82. The predicted octanol–water partition coefficient (Wildman–Crippen LogP) is 1.73. The molecule has 0 amide bonds. The Bertz CT molecular complexity index is 1000. The van der Waals surface area contributed by atoms with E-state index in [2.05, 4.69) is 9.72 Å². The molecule has 0 aliphatic rings. The van der Waals surface area contributed by atoms with Crippen LogP contribution < -0.4 is 5.56 Å². The van der Waals surface area contributed by atoms with Crippen LogP contribution in [0.2, 0.25) is 0 Å². The molecule has 0 aliphatic carbocycles. The molecule has 0 fully saturated rings. The third kappa shape index (κ3) is 2.62. The van der Waals surface area contributed by atoms with Crippen molar-refractivity contribution < 1.29 is 18.9 Å². The number of non-ortho nitro benzene ring substituents is 1. The number of benzene rings is 1. The van der Waals surface area contributed by atoms with Crippen LogP contribution in [0.1, 0.15) is 16.1 Å². The van der Waals surface area contributed by atoms with Crippen LogP contribution in [-0.4, -0.2) is 27.6 Å². The first-order chi connectivity index (χ1) is 11.5. The van der Waals surface area contributed by atoms with Crippen molar-refractivity contribution in [2.24, 2.45) is 0 Å². The summed E-state index contributed by atoms with van der Waals surface area (Å²) in [5.74, 6) is -0.638. The number of nitro benzene ring substituents is 1. The zero-order chi connectivity index (χ0) is 17.3. The lowest BCUT2D eigenvalue weighted by atomic mass is 10.2. The van der Waals surface area contributed by atoms with Gasteiger partial charge in [-0.3, -0.25) is 19.5 Å². The smallest absolute Gasteiger partial charge is 0.374 e. The number of carbonyl (C=O) groups is 1. The number of hydrogen-bond donors (Lipinski definition) is 0. The number of rotatable bonds is 4. The first kappa shape index (κ1) is 15.4. The minimum atomic E-state index is -0.646. The highest BCUT2D eigenvalue weighted by Gasteiger charge is 2.17. The number of furan rings is 1. The fourth-order valence-electron chi connectivity index (χ4n) is 2.29. The first-order valence-corrected chi connectivity index (χ1v) is 6.79. The molecule has 9 nitrogen and oxygen atoms in total. The maximum absolute atomic E-state index is 12.5. The van der Waals surface area contributed by atoms with Crippen LogP contribution in [0.5, 0.6) is 0 Å². The standard InChI is InChI=1S/C15H11N3O6/c1-23-15(20)13-9(4-5-24-13)7-17-8-16-12-6-10(18(21)22)2-3-11(12)14(17)19/h2-6,8H,7H2,1H3. The van der Waals surface area contributed by atoms with Crippen molar-refractivity contribution in [3.05, 3.63) is 68.6 Å². The molecule has 3 aromatic rings. The van der Waals surface area contributed by atoms with E-state index in [1.807, 2.05) is 0 Å². The molecular weight excluding hydrogens is 318 g/mol. The molecule has 0 spiro atoms. The van der Waals surface area contributed by atoms with Crippen LogP contribution in [0.3, 0.4) is 0 Å². The molecule has 0 atom stereocenters. The Hall–Kier alpha value is -3.49. The second kappa shape index (κ2) is 5.95. The van der Waals surface area contributed by atoms with Crippen LogP contribution >= 0.6 is 0 Å². The van der Waals surface area contributed by atoms with Crippen LogP contribution in [0, 0.1) is 10.1 Å². The summed E-state index contributed by atoms with van der Waals surface area (Å²) >= 11 is 0. The van der Waals surface area contributed by atoms with Crippen molar-refractivity contribution in [2.75, 3.05) is 7.11 Å². The molecule has 122 valence electrons. The third-order valence-corrected chi connectivity index (χ3v) is 3.48. The van der Waals surface area contributed by atoms with E-state index in [1.54, 1.807) is 6.07 Å². The number of nitrogens with zero attached hydrogens (tertiary/aromatic N) is 3. The van der Waals surface area contributed by atoms with Crippen molar-refractivity contribution >= 4 is 22.6 Å². The number of carbonyl (C=O) groups excluding carboxylic acids is 1. The van der Waals surface area contributed by atoms with Gasteiger partial charge in [-0.2, -0.15) is 0 Å². The number of aromatic nitrogens is 2. The quantitative estimate of drug-likeness (QED) is 0.406. The zero-order valence-corrected chi connectivity index (χ0v) is 12.5. The average molecular weight is 329 g/mol. The van der Waals surface area contributed by atoms with Gasteiger partial charge in [0.2, 0.25) is 5.76 Å². The molecule has 0 unspecified atom stereocenters. The molecule has 24 heavy (non-hydrogen) atoms. The van der Waals surface area contributed by atoms with Crippen LogP contribution in [0.15, 0.2) is 46.1 Å². The summed E-state index contributed by atoms with van der Waals surface area (Å²) in [5.41, 5.74) is 0.166. The molecule has 2 heterocycles. The van der Waals surface area contributed by atoms with E-state index in [1.165, 1.54) is 42.5 Å². The SMILES string of the molecule is COC(=O)c1occc1Cn1cnc2cc([N+](=O)[O-])ccc2c1=O. The molecule has 9 heteroatoms.